The SMILES string of the molecule is CCc1cc(Nc2nccn3c(-c4ccc(OC(F)F)c(F)c4F)cnc23)ccc1C(=O)NCCNCCO. The van der Waals surface area contributed by atoms with Crippen molar-refractivity contribution in [2.75, 3.05) is 31.6 Å². The Balaban J connectivity index is 1.57. The predicted molar refractivity (Wildman–Crippen MR) is 136 cm³/mol. The lowest BCUT2D eigenvalue weighted by atomic mass is 10.0. The van der Waals surface area contributed by atoms with Gasteiger partial charge in [0.2, 0.25) is 5.82 Å². The molecule has 0 bridgehead atoms. The van der Waals surface area contributed by atoms with E-state index in [0.29, 0.717) is 48.8 Å². The topological polar surface area (TPSA) is 113 Å². The van der Waals surface area contributed by atoms with Crippen LogP contribution in [0, 0.1) is 11.6 Å². The monoisotopic (exact) mass is 546 g/mol. The number of alkyl halides is 2. The molecule has 1 amide bonds. The molecular weight excluding hydrogens is 520 g/mol. The van der Waals surface area contributed by atoms with E-state index in [9.17, 15) is 22.4 Å². The zero-order valence-electron chi connectivity index (χ0n) is 20.8. The van der Waals surface area contributed by atoms with E-state index < -0.39 is 24.0 Å². The number of amides is 1. The summed E-state index contributed by atoms with van der Waals surface area (Å²) in [4.78, 5) is 21.2. The number of nitrogens with one attached hydrogen (secondary N) is 3. The lowest BCUT2D eigenvalue weighted by Gasteiger charge is -2.13. The van der Waals surface area contributed by atoms with Gasteiger partial charge in [-0.05, 0) is 42.3 Å². The summed E-state index contributed by atoms with van der Waals surface area (Å²) in [6.07, 6.45) is 4.84. The molecule has 9 nitrogen and oxygen atoms in total. The number of anilines is 2. The summed E-state index contributed by atoms with van der Waals surface area (Å²) in [6, 6.07) is 7.27. The highest BCUT2D eigenvalue weighted by Gasteiger charge is 2.21. The Morgan fingerprint density at radius 1 is 1.10 bits per heavy atom. The molecule has 206 valence electrons. The van der Waals surface area contributed by atoms with Gasteiger partial charge in [-0.25, -0.2) is 14.4 Å². The fourth-order valence-electron chi connectivity index (χ4n) is 4.01. The van der Waals surface area contributed by atoms with Crippen LogP contribution in [0.15, 0.2) is 48.9 Å². The summed E-state index contributed by atoms with van der Waals surface area (Å²) < 4.78 is 59.5. The van der Waals surface area contributed by atoms with Crippen molar-refractivity contribution < 1.29 is 32.2 Å². The molecule has 0 aliphatic heterocycles. The number of aryl methyl sites for hydroxylation is 1. The predicted octanol–water partition coefficient (Wildman–Crippen LogP) is 3.89. The number of rotatable bonds is 12. The molecule has 0 spiro atoms. The van der Waals surface area contributed by atoms with Gasteiger partial charge in [0, 0.05) is 48.8 Å². The third-order valence-corrected chi connectivity index (χ3v) is 5.84. The lowest BCUT2D eigenvalue weighted by molar-refractivity contribution is -0.0525. The van der Waals surface area contributed by atoms with Gasteiger partial charge in [0.05, 0.1) is 18.5 Å². The quantitative estimate of drug-likeness (QED) is 0.158. The van der Waals surface area contributed by atoms with Gasteiger partial charge in [-0.3, -0.25) is 9.20 Å². The van der Waals surface area contributed by atoms with Crippen LogP contribution < -0.4 is 20.7 Å². The number of imidazole rings is 1. The molecule has 0 radical (unpaired) electrons. The number of aliphatic hydroxyl groups is 1. The molecule has 0 aliphatic carbocycles. The first kappa shape index (κ1) is 27.8. The molecule has 0 saturated heterocycles. The Morgan fingerprint density at radius 2 is 1.92 bits per heavy atom. The van der Waals surface area contributed by atoms with Gasteiger partial charge in [0.15, 0.2) is 23.0 Å². The molecule has 13 heteroatoms. The van der Waals surface area contributed by atoms with E-state index in [4.69, 9.17) is 5.11 Å². The van der Waals surface area contributed by atoms with Gasteiger partial charge in [0.25, 0.3) is 5.91 Å². The molecule has 4 rings (SSSR count). The second-order valence-electron chi connectivity index (χ2n) is 8.31. The van der Waals surface area contributed by atoms with Crippen LogP contribution in [0.2, 0.25) is 0 Å². The normalized spacial score (nSPS) is 11.3. The Morgan fingerprint density at radius 3 is 2.67 bits per heavy atom. The number of hydrogen-bond donors (Lipinski definition) is 4. The van der Waals surface area contributed by atoms with Crippen LogP contribution in [0.25, 0.3) is 16.9 Å². The number of benzene rings is 2. The fraction of sp³-hybridized carbons (Fsp3) is 0.269. The van der Waals surface area contributed by atoms with Gasteiger partial charge in [-0.2, -0.15) is 13.2 Å². The van der Waals surface area contributed by atoms with Crippen LogP contribution >= 0.6 is 0 Å². The third-order valence-electron chi connectivity index (χ3n) is 5.84. The first-order valence-electron chi connectivity index (χ1n) is 12.1. The average Bonchev–Trinajstić information content (AvgIpc) is 3.36. The number of ether oxygens (including phenoxy) is 1. The minimum absolute atomic E-state index is 0.0204. The van der Waals surface area contributed by atoms with Crippen LogP contribution in [0.3, 0.4) is 0 Å². The van der Waals surface area contributed by atoms with Crippen LogP contribution in [0.5, 0.6) is 5.75 Å². The summed E-state index contributed by atoms with van der Waals surface area (Å²) in [5.74, 6) is -3.69. The van der Waals surface area contributed by atoms with Gasteiger partial charge in [-0.1, -0.05) is 6.92 Å². The average molecular weight is 547 g/mol. The summed E-state index contributed by atoms with van der Waals surface area (Å²) >= 11 is 0. The molecule has 0 aliphatic rings. The van der Waals surface area contributed by atoms with Gasteiger partial charge in [-0.15, -0.1) is 0 Å². The van der Waals surface area contributed by atoms with Gasteiger partial charge in [0.1, 0.15) is 0 Å². The molecule has 0 fully saturated rings. The number of hydrogen-bond acceptors (Lipinski definition) is 7. The number of carbonyl (C=O) groups excluding carboxylic acids is 1. The molecule has 2 aromatic carbocycles. The second-order valence-corrected chi connectivity index (χ2v) is 8.31. The minimum atomic E-state index is -3.29. The first-order valence-corrected chi connectivity index (χ1v) is 12.1. The van der Waals surface area contributed by atoms with Crippen molar-refractivity contribution in [3.8, 4) is 17.0 Å². The minimum Gasteiger partial charge on any atom is -0.432 e. The zero-order valence-corrected chi connectivity index (χ0v) is 20.8. The van der Waals surface area contributed by atoms with Crippen LogP contribution in [0.4, 0.5) is 29.1 Å². The molecule has 0 atom stereocenters. The van der Waals surface area contributed by atoms with Crippen molar-refractivity contribution in [3.05, 3.63) is 71.7 Å². The summed E-state index contributed by atoms with van der Waals surface area (Å²) in [5.41, 5.74) is 2.22. The van der Waals surface area contributed by atoms with Crippen LogP contribution in [-0.2, 0) is 6.42 Å². The van der Waals surface area contributed by atoms with E-state index in [-0.39, 0.29) is 23.8 Å². The molecule has 2 aromatic heterocycles. The van der Waals surface area contributed by atoms with E-state index in [1.807, 2.05) is 13.0 Å². The van der Waals surface area contributed by atoms with Crippen molar-refractivity contribution in [3.63, 3.8) is 0 Å². The van der Waals surface area contributed by atoms with Gasteiger partial charge < -0.3 is 25.8 Å². The first-order chi connectivity index (χ1) is 18.8. The largest absolute Gasteiger partial charge is 0.432 e. The summed E-state index contributed by atoms with van der Waals surface area (Å²) in [7, 11) is 0. The standard InChI is InChI=1S/C26H26F4N6O3/c1-2-15-13-16(3-4-17(15)25(38)33-8-7-31-10-12-37)35-23-24-34-14-19(36(24)11-9-32-23)18-5-6-20(39-26(29)30)22(28)21(18)27/h3-6,9,11,13-14,26,31,37H,2,7-8,10,12H2,1H3,(H,32,35)(H,33,38). The number of nitrogens with zero attached hydrogens (tertiary/aromatic N) is 3. The Hall–Kier alpha value is -4.23. The maximum Gasteiger partial charge on any atom is 0.387 e. The van der Waals surface area contributed by atoms with Crippen molar-refractivity contribution in [2.24, 2.45) is 0 Å². The van der Waals surface area contributed by atoms with Crippen molar-refractivity contribution in [2.45, 2.75) is 20.0 Å². The molecule has 2 heterocycles. The van der Waals surface area contributed by atoms with E-state index in [0.717, 1.165) is 17.7 Å². The maximum atomic E-state index is 14.8. The lowest BCUT2D eigenvalue weighted by Crippen LogP contribution is -2.33. The van der Waals surface area contributed by atoms with Crippen molar-refractivity contribution in [1.82, 2.24) is 25.0 Å². The molecule has 39 heavy (non-hydrogen) atoms. The highest BCUT2D eigenvalue weighted by atomic mass is 19.3. The maximum absolute atomic E-state index is 14.8. The Labute approximate surface area is 220 Å². The van der Waals surface area contributed by atoms with E-state index >= 15 is 0 Å². The summed E-state index contributed by atoms with van der Waals surface area (Å²) in [6.45, 7) is 0.0268. The van der Waals surface area contributed by atoms with Crippen molar-refractivity contribution in [1.29, 1.82) is 0 Å². The van der Waals surface area contributed by atoms with E-state index in [1.54, 1.807) is 12.1 Å². The number of aliphatic hydroxyl groups excluding tert-OH is 1. The summed E-state index contributed by atoms with van der Waals surface area (Å²) in [5, 5.41) is 17.8. The van der Waals surface area contributed by atoms with E-state index in [2.05, 4.69) is 30.7 Å². The van der Waals surface area contributed by atoms with Crippen LogP contribution in [-0.4, -0.2) is 58.2 Å². The van der Waals surface area contributed by atoms with Gasteiger partial charge >= 0.3 is 6.61 Å². The Kier molecular flexibility index (Phi) is 8.94. The zero-order chi connectivity index (χ0) is 27.9. The highest BCUT2D eigenvalue weighted by molar-refractivity contribution is 5.96. The van der Waals surface area contributed by atoms with Crippen molar-refractivity contribution >= 4 is 23.1 Å². The number of fused-ring (bicyclic) bond motifs is 1. The highest BCUT2D eigenvalue weighted by Crippen LogP contribution is 2.32. The molecule has 4 aromatic rings. The number of aromatic nitrogens is 3. The molecule has 0 unspecified atom stereocenters. The molecule has 0 saturated carbocycles. The molecule has 4 N–H and O–H groups in total. The number of carbonyl (C=O) groups is 1. The third kappa shape index (κ3) is 6.26. The number of halogens is 4. The molecular formula is C26H26F4N6O3. The van der Waals surface area contributed by atoms with Crippen LogP contribution in [0.1, 0.15) is 22.8 Å². The second kappa shape index (κ2) is 12.5. The van der Waals surface area contributed by atoms with E-state index in [1.165, 1.54) is 23.0 Å². The smallest absolute Gasteiger partial charge is 0.387 e. The Bertz CT molecular complexity index is 1460. The fourth-order valence-corrected chi connectivity index (χ4v) is 4.01.